The summed E-state index contributed by atoms with van der Waals surface area (Å²) < 4.78 is 10.6. The van der Waals surface area contributed by atoms with E-state index in [1.165, 1.54) is 0 Å². The normalized spacial score (nSPS) is 10.7. The molecular weight excluding hydrogens is 374 g/mol. The molecule has 0 bridgehead atoms. The van der Waals surface area contributed by atoms with E-state index in [0.717, 1.165) is 28.2 Å². The Morgan fingerprint density at radius 3 is 2.96 bits per heavy atom. The lowest BCUT2D eigenvalue weighted by Crippen LogP contribution is -2.07. The summed E-state index contributed by atoms with van der Waals surface area (Å²) in [5, 5.41) is 1.66. The Labute approximate surface area is 159 Å². The van der Waals surface area contributed by atoms with Crippen LogP contribution in [-0.2, 0) is 16.1 Å². The summed E-state index contributed by atoms with van der Waals surface area (Å²) in [4.78, 5) is 24.1. The number of aromatic nitrogens is 3. The van der Waals surface area contributed by atoms with Crippen molar-refractivity contribution in [2.24, 2.45) is 0 Å². The van der Waals surface area contributed by atoms with Crippen LogP contribution in [-0.4, -0.2) is 33.3 Å². The monoisotopic (exact) mass is 389 g/mol. The number of hydrogen-bond acceptors (Lipinski definition) is 7. The van der Waals surface area contributed by atoms with Crippen molar-refractivity contribution in [1.29, 1.82) is 0 Å². The van der Waals surface area contributed by atoms with Crippen LogP contribution < -0.4 is 4.74 Å². The van der Waals surface area contributed by atoms with Crippen molar-refractivity contribution in [1.82, 2.24) is 15.0 Å². The Morgan fingerprint density at radius 1 is 1.23 bits per heavy atom. The van der Waals surface area contributed by atoms with E-state index in [1.54, 1.807) is 19.2 Å². The van der Waals surface area contributed by atoms with Crippen LogP contribution in [0.5, 0.6) is 5.88 Å². The molecule has 3 aromatic rings. The van der Waals surface area contributed by atoms with Crippen molar-refractivity contribution in [2.75, 3.05) is 12.4 Å². The molecular formula is C18H16ClN3O3S. The van der Waals surface area contributed by atoms with Crippen LogP contribution >= 0.6 is 23.4 Å². The molecule has 8 heteroatoms. The van der Waals surface area contributed by atoms with Gasteiger partial charge in [-0.1, -0.05) is 35.5 Å². The smallest absolute Gasteiger partial charge is 0.316 e. The second-order valence-corrected chi connectivity index (χ2v) is 6.55. The van der Waals surface area contributed by atoms with Crippen LogP contribution in [0.3, 0.4) is 0 Å². The molecule has 0 aliphatic rings. The summed E-state index contributed by atoms with van der Waals surface area (Å²) in [5.74, 6) is 0.140. The van der Waals surface area contributed by atoms with Gasteiger partial charge in [0.2, 0.25) is 5.88 Å². The minimum atomic E-state index is -0.326. The molecule has 6 nitrogen and oxygen atoms in total. The zero-order chi connectivity index (χ0) is 18.4. The first-order valence-electron chi connectivity index (χ1n) is 7.93. The summed E-state index contributed by atoms with van der Waals surface area (Å²) in [6.07, 6.45) is 1.76. The number of ether oxygens (including phenoxy) is 2. The fourth-order valence-electron chi connectivity index (χ4n) is 2.21. The van der Waals surface area contributed by atoms with Gasteiger partial charge in [0, 0.05) is 17.6 Å². The first-order chi connectivity index (χ1) is 12.6. The Morgan fingerprint density at radius 2 is 2.12 bits per heavy atom. The zero-order valence-electron chi connectivity index (χ0n) is 14.0. The number of thioether (sulfide) groups is 1. The molecule has 0 fully saturated rings. The first kappa shape index (κ1) is 18.4. The third kappa shape index (κ3) is 5.06. The fourth-order valence-corrected chi connectivity index (χ4v) is 3.09. The molecule has 0 saturated heterocycles. The molecule has 0 saturated carbocycles. The van der Waals surface area contributed by atoms with Gasteiger partial charge in [0.25, 0.3) is 0 Å². The van der Waals surface area contributed by atoms with Gasteiger partial charge in [0.1, 0.15) is 11.8 Å². The Bertz CT molecular complexity index is 923. The lowest BCUT2D eigenvalue weighted by Gasteiger charge is -2.08. The lowest BCUT2D eigenvalue weighted by atomic mass is 10.1. The topological polar surface area (TPSA) is 74.2 Å². The maximum Gasteiger partial charge on any atom is 0.316 e. The van der Waals surface area contributed by atoms with Gasteiger partial charge >= 0.3 is 5.97 Å². The summed E-state index contributed by atoms with van der Waals surface area (Å²) in [5.41, 5.74) is 1.92. The molecule has 0 radical (unpaired) electrons. The van der Waals surface area contributed by atoms with Gasteiger partial charge in [-0.05, 0) is 30.7 Å². The van der Waals surface area contributed by atoms with E-state index in [0.29, 0.717) is 24.3 Å². The van der Waals surface area contributed by atoms with Gasteiger partial charge in [-0.15, -0.1) is 0 Å². The molecule has 0 aliphatic heterocycles. The second kappa shape index (κ2) is 8.82. The van der Waals surface area contributed by atoms with Crippen molar-refractivity contribution in [2.45, 2.75) is 18.7 Å². The third-order valence-corrected chi connectivity index (χ3v) is 4.34. The third-order valence-electron chi connectivity index (χ3n) is 3.33. The Balaban J connectivity index is 1.65. The van der Waals surface area contributed by atoms with Crippen molar-refractivity contribution in [3.8, 4) is 5.88 Å². The minimum absolute atomic E-state index is 0.116. The largest absolute Gasteiger partial charge is 0.473 e. The van der Waals surface area contributed by atoms with E-state index in [2.05, 4.69) is 15.0 Å². The predicted octanol–water partition coefficient (Wildman–Crippen LogP) is 3.91. The van der Waals surface area contributed by atoms with Crippen molar-refractivity contribution in [3.05, 3.63) is 53.3 Å². The molecule has 2 heterocycles. The molecule has 0 amide bonds. The molecule has 2 aromatic heterocycles. The van der Waals surface area contributed by atoms with Crippen LogP contribution in [0.1, 0.15) is 12.5 Å². The summed E-state index contributed by atoms with van der Waals surface area (Å²) >= 11 is 7.17. The second-order valence-electron chi connectivity index (χ2n) is 5.22. The average molecular weight is 390 g/mol. The molecule has 3 rings (SSSR count). The number of hydrogen-bond donors (Lipinski definition) is 0. The van der Waals surface area contributed by atoms with Gasteiger partial charge in [0.15, 0.2) is 5.16 Å². The number of fused-ring (bicyclic) bond motifs is 1. The molecule has 0 spiro atoms. The lowest BCUT2D eigenvalue weighted by molar-refractivity contribution is -0.139. The van der Waals surface area contributed by atoms with Crippen LogP contribution in [0.4, 0.5) is 0 Å². The molecule has 0 N–H and O–H groups in total. The van der Waals surface area contributed by atoms with Gasteiger partial charge in [-0.25, -0.2) is 4.98 Å². The number of pyridine rings is 1. The molecule has 0 aliphatic carbocycles. The van der Waals surface area contributed by atoms with E-state index in [-0.39, 0.29) is 16.9 Å². The number of benzene rings is 1. The highest BCUT2D eigenvalue weighted by molar-refractivity contribution is 7.99. The van der Waals surface area contributed by atoms with E-state index in [1.807, 2.05) is 30.3 Å². The van der Waals surface area contributed by atoms with Gasteiger partial charge in [0.05, 0.1) is 17.9 Å². The number of carbonyl (C=O) groups is 1. The molecule has 0 unspecified atom stereocenters. The highest BCUT2D eigenvalue weighted by Crippen LogP contribution is 2.22. The standard InChI is InChI=1S/C18H16ClN3O3S/c1-2-24-17(23)11-26-18-21-15(19)9-16(22-18)25-10-12-5-6-14-13(8-12)4-3-7-20-14/h3-9H,2,10-11H2,1H3. The van der Waals surface area contributed by atoms with E-state index < -0.39 is 0 Å². The fraction of sp³-hybridized carbons (Fsp3) is 0.222. The molecule has 1 aromatic carbocycles. The summed E-state index contributed by atoms with van der Waals surface area (Å²) in [7, 11) is 0. The number of esters is 1. The van der Waals surface area contributed by atoms with E-state index in [9.17, 15) is 4.79 Å². The van der Waals surface area contributed by atoms with Crippen LogP contribution in [0, 0.1) is 0 Å². The van der Waals surface area contributed by atoms with Gasteiger partial charge in [-0.2, -0.15) is 4.98 Å². The zero-order valence-corrected chi connectivity index (χ0v) is 15.6. The predicted molar refractivity (Wildman–Crippen MR) is 100 cm³/mol. The summed E-state index contributed by atoms with van der Waals surface area (Å²) in [6, 6.07) is 11.3. The highest BCUT2D eigenvalue weighted by atomic mass is 35.5. The van der Waals surface area contributed by atoms with Crippen LogP contribution in [0.2, 0.25) is 5.15 Å². The average Bonchev–Trinajstić information content (AvgIpc) is 2.64. The Kier molecular flexibility index (Phi) is 6.25. The van der Waals surface area contributed by atoms with E-state index >= 15 is 0 Å². The molecule has 26 heavy (non-hydrogen) atoms. The minimum Gasteiger partial charge on any atom is -0.473 e. The van der Waals surface area contributed by atoms with Crippen molar-refractivity contribution < 1.29 is 14.3 Å². The van der Waals surface area contributed by atoms with Crippen LogP contribution in [0.15, 0.2) is 47.8 Å². The number of halogens is 1. The number of rotatable bonds is 7. The maximum absolute atomic E-state index is 11.4. The number of nitrogens with zero attached hydrogens (tertiary/aromatic N) is 3. The number of carbonyl (C=O) groups excluding carboxylic acids is 1. The molecule has 0 atom stereocenters. The maximum atomic E-state index is 11.4. The SMILES string of the molecule is CCOC(=O)CSc1nc(Cl)cc(OCc2ccc3ncccc3c2)n1. The van der Waals surface area contributed by atoms with Gasteiger partial charge in [-0.3, -0.25) is 9.78 Å². The van der Waals surface area contributed by atoms with E-state index in [4.69, 9.17) is 21.1 Å². The Hall–Kier alpha value is -2.38. The first-order valence-corrected chi connectivity index (χ1v) is 9.30. The van der Waals surface area contributed by atoms with Crippen molar-refractivity contribution in [3.63, 3.8) is 0 Å². The van der Waals surface area contributed by atoms with Crippen LogP contribution in [0.25, 0.3) is 10.9 Å². The van der Waals surface area contributed by atoms with Crippen molar-refractivity contribution >= 4 is 40.2 Å². The highest BCUT2D eigenvalue weighted by Gasteiger charge is 2.09. The molecule has 134 valence electrons. The van der Waals surface area contributed by atoms with Gasteiger partial charge < -0.3 is 9.47 Å². The quantitative estimate of drug-likeness (QED) is 0.262. The summed E-state index contributed by atoms with van der Waals surface area (Å²) in [6.45, 7) is 2.43.